The van der Waals surface area contributed by atoms with Crippen LogP contribution in [-0.4, -0.2) is 4.98 Å². The van der Waals surface area contributed by atoms with Gasteiger partial charge in [0, 0.05) is 23.3 Å². The summed E-state index contributed by atoms with van der Waals surface area (Å²) in [5.41, 5.74) is 9.78. The summed E-state index contributed by atoms with van der Waals surface area (Å²) < 4.78 is 5.90. The van der Waals surface area contributed by atoms with Crippen LogP contribution in [0.4, 0.5) is 0 Å². The lowest BCUT2D eigenvalue weighted by molar-refractivity contribution is 0.459. The second-order valence-electron chi connectivity index (χ2n) is 5.23. The van der Waals surface area contributed by atoms with E-state index < -0.39 is 0 Å². The minimum absolute atomic E-state index is 0.480. The number of halogens is 1. The summed E-state index contributed by atoms with van der Waals surface area (Å²) in [6, 6.07) is 7.77. The van der Waals surface area contributed by atoms with E-state index in [4.69, 9.17) is 22.1 Å². The Morgan fingerprint density at radius 3 is 2.38 bits per heavy atom. The highest BCUT2D eigenvalue weighted by Gasteiger charge is 2.07. The molecule has 0 amide bonds. The van der Waals surface area contributed by atoms with Crippen LogP contribution in [-0.2, 0) is 13.0 Å². The highest BCUT2D eigenvalue weighted by Crippen LogP contribution is 2.29. The third kappa shape index (κ3) is 3.96. The lowest BCUT2D eigenvalue weighted by Gasteiger charge is -2.11. The first kappa shape index (κ1) is 15.8. The first-order valence-corrected chi connectivity index (χ1v) is 7.55. The molecule has 0 atom stereocenters. The van der Waals surface area contributed by atoms with Gasteiger partial charge in [-0.25, -0.2) is 4.98 Å². The molecular weight excluding hydrogens is 284 g/mol. The van der Waals surface area contributed by atoms with Gasteiger partial charge in [-0.05, 0) is 55.2 Å². The van der Waals surface area contributed by atoms with Crippen LogP contribution in [0.3, 0.4) is 0 Å². The minimum Gasteiger partial charge on any atom is -0.439 e. The molecule has 21 heavy (non-hydrogen) atoms. The summed E-state index contributed by atoms with van der Waals surface area (Å²) in [7, 11) is 0. The number of nitrogens with two attached hydrogens (primary N) is 1. The number of pyridine rings is 1. The average Bonchev–Trinajstić information content (AvgIpc) is 2.44. The van der Waals surface area contributed by atoms with E-state index in [0.717, 1.165) is 46.0 Å². The third-order valence-electron chi connectivity index (χ3n) is 3.29. The van der Waals surface area contributed by atoms with Crippen LogP contribution in [0.2, 0.25) is 5.02 Å². The molecule has 0 spiro atoms. The monoisotopic (exact) mass is 304 g/mol. The molecule has 0 fully saturated rings. The molecule has 1 heterocycles. The molecule has 2 N–H and O–H groups in total. The summed E-state index contributed by atoms with van der Waals surface area (Å²) in [5.74, 6) is 1.33. The van der Waals surface area contributed by atoms with E-state index in [9.17, 15) is 0 Å². The first-order valence-electron chi connectivity index (χ1n) is 7.18. The van der Waals surface area contributed by atoms with Gasteiger partial charge in [-0.15, -0.1) is 0 Å². The van der Waals surface area contributed by atoms with Crippen molar-refractivity contribution in [3.8, 4) is 11.6 Å². The molecule has 2 rings (SSSR count). The van der Waals surface area contributed by atoms with Gasteiger partial charge in [0.2, 0.25) is 5.88 Å². The van der Waals surface area contributed by atoms with Crippen molar-refractivity contribution in [2.24, 2.45) is 5.73 Å². The maximum atomic E-state index is 6.18. The predicted octanol–water partition coefficient (Wildman–Crippen LogP) is 4.56. The highest BCUT2D eigenvalue weighted by molar-refractivity contribution is 6.32. The number of aryl methyl sites for hydroxylation is 3. The van der Waals surface area contributed by atoms with Crippen molar-refractivity contribution in [1.29, 1.82) is 0 Å². The second-order valence-corrected chi connectivity index (χ2v) is 5.61. The number of hydrogen-bond acceptors (Lipinski definition) is 3. The maximum Gasteiger partial charge on any atom is 0.219 e. The topological polar surface area (TPSA) is 48.1 Å². The van der Waals surface area contributed by atoms with Gasteiger partial charge in [0.15, 0.2) is 0 Å². The fourth-order valence-electron chi connectivity index (χ4n) is 2.26. The number of ether oxygens (including phenoxy) is 1. The molecule has 0 aliphatic heterocycles. The van der Waals surface area contributed by atoms with Gasteiger partial charge in [0.1, 0.15) is 5.75 Å². The smallest absolute Gasteiger partial charge is 0.219 e. The lowest BCUT2D eigenvalue weighted by Crippen LogP contribution is -2.01. The Balaban J connectivity index is 2.32. The van der Waals surface area contributed by atoms with Crippen LogP contribution < -0.4 is 10.5 Å². The molecule has 1 aromatic carbocycles. The van der Waals surface area contributed by atoms with E-state index in [-0.39, 0.29) is 0 Å². The largest absolute Gasteiger partial charge is 0.439 e. The summed E-state index contributed by atoms with van der Waals surface area (Å²) in [5, 5.41) is 0.776. The number of rotatable bonds is 5. The summed E-state index contributed by atoms with van der Waals surface area (Å²) in [6.45, 7) is 6.54. The maximum absolute atomic E-state index is 6.18. The fourth-order valence-corrected chi connectivity index (χ4v) is 2.37. The van der Waals surface area contributed by atoms with Gasteiger partial charge >= 0.3 is 0 Å². The molecule has 0 aliphatic rings. The van der Waals surface area contributed by atoms with Crippen molar-refractivity contribution in [3.63, 3.8) is 0 Å². The zero-order valence-corrected chi connectivity index (χ0v) is 13.5. The van der Waals surface area contributed by atoms with E-state index in [0.29, 0.717) is 12.4 Å². The normalized spacial score (nSPS) is 10.7. The molecule has 0 bridgehead atoms. The molecule has 0 radical (unpaired) electrons. The van der Waals surface area contributed by atoms with Crippen LogP contribution in [0.1, 0.15) is 35.7 Å². The Labute approximate surface area is 131 Å². The average molecular weight is 305 g/mol. The van der Waals surface area contributed by atoms with E-state index in [1.165, 1.54) is 0 Å². The zero-order chi connectivity index (χ0) is 15.4. The van der Waals surface area contributed by atoms with Crippen LogP contribution in [0.5, 0.6) is 11.6 Å². The predicted molar refractivity (Wildman–Crippen MR) is 87.1 cm³/mol. The number of benzene rings is 1. The molecule has 4 heteroatoms. The van der Waals surface area contributed by atoms with Gasteiger partial charge in [0.25, 0.3) is 0 Å². The van der Waals surface area contributed by atoms with Crippen LogP contribution in [0.25, 0.3) is 0 Å². The second kappa shape index (κ2) is 6.92. The Bertz CT molecular complexity index is 618. The highest BCUT2D eigenvalue weighted by atomic mass is 35.5. The number of hydrogen-bond donors (Lipinski definition) is 1. The quantitative estimate of drug-likeness (QED) is 0.881. The molecule has 3 nitrogen and oxygen atoms in total. The molecular formula is C17H21ClN2O. The zero-order valence-electron chi connectivity index (χ0n) is 12.7. The van der Waals surface area contributed by atoms with Crippen LogP contribution in [0.15, 0.2) is 24.3 Å². The Morgan fingerprint density at radius 2 is 1.81 bits per heavy atom. The van der Waals surface area contributed by atoms with Crippen molar-refractivity contribution < 1.29 is 4.74 Å². The van der Waals surface area contributed by atoms with Gasteiger partial charge < -0.3 is 10.5 Å². The molecule has 0 aliphatic carbocycles. The SMILES string of the molecule is CCCc1cc(CN)cc(Oc2cc(C)c(Cl)c(C)c2)n1. The van der Waals surface area contributed by atoms with Crippen LogP contribution in [0, 0.1) is 13.8 Å². The third-order valence-corrected chi connectivity index (χ3v) is 3.89. The van der Waals surface area contributed by atoms with Crippen molar-refractivity contribution in [2.75, 3.05) is 0 Å². The molecule has 0 unspecified atom stereocenters. The number of nitrogens with zero attached hydrogens (tertiary/aromatic N) is 1. The van der Waals surface area contributed by atoms with Gasteiger partial charge in [-0.1, -0.05) is 24.9 Å². The molecule has 2 aromatic rings. The fraction of sp³-hybridized carbons (Fsp3) is 0.353. The van der Waals surface area contributed by atoms with Crippen molar-refractivity contribution in [2.45, 2.75) is 40.2 Å². The summed E-state index contributed by atoms with van der Waals surface area (Å²) in [4.78, 5) is 4.54. The van der Waals surface area contributed by atoms with E-state index in [2.05, 4.69) is 11.9 Å². The van der Waals surface area contributed by atoms with Crippen molar-refractivity contribution in [3.05, 3.63) is 51.7 Å². The Morgan fingerprint density at radius 1 is 1.14 bits per heavy atom. The summed E-state index contributed by atoms with van der Waals surface area (Å²) in [6.07, 6.45) is 1.96. The van der Waals surface area contributed by atoms with E-state index in [1.54, 1.807) is 0 Å². The van der Waals surface area contributed by atoms with Crippen molar-refractivity contribution >= 4 is 11.6 Å². The van der Waals surface area contributed by atoms with Gasteiger partial charge in [0.05, 0.1) is 0 Å². The first-order chi connectivity index (χ1) is 10.0. The van der Waals surface area contributed by atoms with Crippen molar-refractivity contribution in [1.82, 2.24) is 4.98 Å². The van der Waals surface area contributed by atoms with Crippen LogP contribution >= 0.6 is 11.6 Å². The number of aromatic nitrogens is 1. The van der Waals surface area contributed by atoms with E-state index in [1.807, 2.05) is 38.1 Å². The van der Waals surface area contributed by atoms with Gasteiger partial charge in [-0.2, -0.15) is 0 Å². The molecule has 0 saturated heterocycles. The lowest BCUT2D eigenvalue weighted by atomic mass is 10.1. The Kier molecular flexibility index (Phi) is 5.21. The standard InChI is InChI=1S/C17H21ClN2O/c1-4-5-14-8-13(10-19)9-16(20-14)21-15-6-11(2)17(18)12(3)7-15/h6-9H,4-5,10,19H2,1-3H3. The molecule has 112 valence electrons. The molecule has 0 saturated carbocycles. The molecule has 1 aromatic heterocycles. The summed E-state index contributed by atoms with van der Waals surface area (Å²) >= 11 is 6.18. The van der Waals surface area contributed by atoms with Gasteiger partial charge in [-0.3, -0.25) is 0 Å². The minimum atomic E-state index is 0.480. The van der Waals surface area contributed by atoms with E-state index >= 15 is 0 Å². The Hall–Kier alpha value is -1.58.